The van der Waals surface area contributed by atoms with Crippen LogP contribution in [0.1, 0.15) is 27.7 Å². The summed E-state index contributed by atoms with van der Waals surface area (Å²) >= 11 is 0. The first kappa shape index (κ1) is 12.2. The van der Waals surface area contributed by atoms with Crippen LogP contribution in [0, 0.1) is 0 Å². The second-order valence-corrected chi connectivity index (χ2v) is 3.94. The fraction of sp³-hybridized carbons (Fsp3) is 0.727. The van der Waals surface area contributed by atoms with Crippen molar-refractivity contribution in [2.45, 2.75) is 39.6 Å². The SMILES string of the molecule is CCOC(=O)C(C)=CC1COC(C)(C)O1. The predicted octanol–water partition coefficient (Wildman–Crippen LogP) is 1.65. The topological polar surface area (TPSA) is 44.8 Å². The Morgan fingerprint density at radius 3 is 2.73 bits per heavy atom. The van der Waals surface area contributed by atoms with Crippen molar-refractivity contribution < 1.29 is 19.0 Å². The molecule has 4 nitrogen and oxygen atoms in total. The maximum Gasteiger partial charge on any atom is 0.333 e. The summed E-state index contributed by atoms with van der Waals surface area (Å²) in [5, 5.41) is 0. The second-order valence-electron chi connectivity index (χ2n) is 3.94. The van der Waals surface area contributed by atoms with Crippen LogP contribution < -0.4 is 0 Å². The molecule has 0 aromatic heterocycles. The molecule has 0 radical (unpaired) electrons. The van der Waals surface area contributed by atoms with Gasteiger partial charge >= 0.3 is 5.97 Å². The number of esters is 1. The van der Waals surface area contributed by atoms with Crippen LogP contribution in [-0.4, -0.2) is 31.1 Å². The van der Waals surface area contributed by atoms with E-state index in [1.54, 1.807) is 19.9 Å². The molecule has 1 atom stereocenters. The van der Waals surface area contributed by atoms with Gasteiger partial charge in [-0.25, -0.2) is 4.79 Å². The van der Waals surface area contributed by atoms with E-state index in [1.165, 1.54) is 0 Å². The Kier molecular flexibility index (Phi) is 3.88. The van der Waals surface area contributed by atoms with Gasteiger partial charge in [0.1, 0.15) is 6.10 Å². The van der Waals surface area contributed by atoms with E-state index >= 15 is 0 Å². The molecule has 1 rings (SSSR count). The van der Waals surface area contributed by atoms with Crippen molar-refractivity contribution in [2.24, 2.45) is 0 Å². The molecule has 1 unspecified atom stereocenters. The molecule has 1 heterocycles. The quantitative estimate of drug-likeness (QED) is 0.529. The van der Waals surface area contributed by atoms with Gasteiger partial charge in [-0.2, -0.15) is 0 Å². The molecular formula is C11H18O4. The van der Waals surface area contributed by atoms with Gasteiger partial charge in [-0.3, -0.25) is 0 Å². The summed E-state index contributed by atoms with van der Waals surface area (Å²) in [4.78, 5) is 11.3. The number of carbonyl (C=O) groups excluding carboxylic acids is 1. The van der Waals surface area contributed by atoms with E-state index in [1.807, 2.05) is 13.8 Å². The van der Waals surface area contributed by atoms with Crippen molar-refractivity contribution in [1.82, 2.24) is 0 Å². The lowest BCUT2D eigenvalue weighted by Crippen LogP contribution is -2.21. The Morgan fingerprint density at radius 1 is 1.60 bits per heavy atom. The zero-order valence-corrected chi connectivity index (χ0v) is 9.70. The number of hydrogen-bond donors (Lipinski definition) is 0. The standard InChI is InChI=1S/C11H18O4/c1-5-13-10(12)8(2)6-9-7-14-11(3,4)15-9/h6,9H,5,7H2,1-4H3. The molecule has 4 heteroatoms. The van der Waals surface area contributed by atoms with E-state index in [2.05, 4.69) is 0 Å². The highest BCUT2D eigenvalue weighted by molar-refractivity contribution is 5.87. The second kappa shape index (κ2) is 4.77. The van der Waals surface area contributed by atoms with Crippen molar-refractivity contribution in [3.05, 3.63) is 11.6 Å². The van der Waals surface area contributed by atoms with E-state index in [9.17, 15) is 4.79 Å². The Labute approximate surface area is 90.2 Å². The lowest BCUT2D eigenvalue weighted by atomic mass is 10.2. The summed E-state index contributed by atoms with van der Waals surface area (Å²) in [7, 11) is 0. The summed E-state index contributed by atoms with van der Waals surface area (Å²) in [6.45, 7) is 8.05. The monoisotopic (exact) mass is 214 g/mol. The Morgan fingerprint density at radius 2 is 2.27 bits per heavy atom. The summed E-state index contributed by atoms with van der Waals surface area (Å²) in [6.07, 6.45) is 1.58. The Bertz CT molecular complexity index is 268. The van der Waals surface area contributed by atoms with Crippen LogP contribution in [0.15, 0.2) is 11.6 Å². The smallest absolute Gasteiger partial charge is 0.333 e. The van der Waals surface area contributed by atoms with Crippen LogP contribution >= 0.6 is 0 Å². The van der Waals surface area contributed by atoms with Gasteiger partial charge in [0, 0.05) is 5.57 Å². The van der Waals surface area contributed by atoms with Crippen molar-refractivity contribution in [1.29, 1.82) is 0 Å². The molecule has 0 N–H and O–H groups in total. The van der Waals surface area contributed by atoms with Crippen LogP contribution in [0.2, 0.25) is 0 Å². The first-order valence-corrected chi connectivity index (χ1v) is 5.12. The van der Waals surface area contributed by atoms with Crippen LogP contribution in [0.5, 0.6) is 0 Å². The minimum atomic E-state index is -0.559. The van der Waals surface area contributed by atoms with Crippen molar-refractivity contribution in [3.63, 3.8) is 0 Å². The average Bonchev–Trinajstić information content (AvgIpc) is 2.46. The summed E-state index contributed by atoms with van der Waals surface area (Å²) < 4.78 is 15.8. The van der Waals surface area contributed by atoms with Gasteiger partial charge in [0.2, 0.25) is 0 Å². The Hall–Kier alpha value is -0.870. The third kappa shape index (κ3) is 3.64. The minimum Gasteiger partial charge on any atom is -0.463 e. The highest BCUT2D eigenvalue weighted by Crippen LogP contribution is 2.23. The van der Waals surface area contributed by atoms with Gasteiger partial charge in [-0.05, 0) is 33.8 Å². The Balaban J connectivity index is 2.53. The molecule has 0 aromatic carbocycles. The molecule has 0 amide bonds. The zero-order chi connectivity index (χ0) is 11.5. The van der Waals surface area contributed by atoms with Crippen LogP contribution in [0.4, 0.5) is 0 Å². The van der Waals surface area contributed by atoms with Gasteiger partial charge < -0.3 is 14.2 Å². The molecule has 0 bridgehead atoms. The van der Waals surface area contributed by atoms with E-state index in [4.69, 9.17) is 14.2 Å². The van der Waals surface area contributed by atoms with E-state index in [-0.39, 0.29) is 12.1 Å². The molecule has 1 aliphatic rings. The molecule has 1 fully saturated rings. The summed E-state index contributed by atoms with van der Waals surface area (Å²) in [5.74, 6) is -0.860. The molecule has 15 heavy (non-hydrogen) atoms. The molecule has 0 spiro atoms. The van der Waals surface area contributed by atoms with Gasteiger partial charge in [0.25, 0.3) is 0 Å². The number of rotatable bonds is 3. The van der Waals surface area contributed by atoms with E-state index in [0.717, 1.165) is 0 Å². The van der Waals surface area contributed by atoms with Crippen LogP contribution in [0.3, 0.4) is 0 Å². The minimum absolute atomic E-state index is 0.163. The maximum atomic E-state index is 11.3. The number of hydrogen-bond acceptors (Lipinski definition) is 4. The third-order valence-electron chi connectivity index (χ3n) is 2.06. The number of ether oxygens (including phenoxy) is 3. The first-order valence-electron chi connectivity index (χ1n) is 5.12. The normalized spacial score (nSPS) is 25.3. The molecule has 1 aliphatic heterocycles. The average molecular weight is 214 g/mol. The van der Waals surface area contributed by atoms with Crippen molar-refractivity contribution in [3.8, 4) is 0 Å². The van der Waals surface area contributed by atoms with Crippen LogP contribution in [-0.2, 0) is 19.0 Å². The molecule has 0 saturated carbocycles. The van der Waals surface area contributed by atoms with Crippen molar-refractivity contribution in [2.75, 3.05) is 13.2 Å². The number of carbonyl (C=O) groups is 1. The van der Waals surface area contributed by atoms with Gasteiger partial charge in [-0.1, -0.05) is 0 Å². The van der Waals surface area contributed by atoms with Gasteiger partial charge in [-0.15, -0.1) is 0 Å². The molecule has 0 aromatic rings. The zero-order valence-electron chi connectivity index (χ0n) is 9.70. The summed E-state index contributed by atoms with van der Waals surface area (Å²) in [6, 6.07) is 0. The predicted molar refractivity (Wildman–Crippen MR) is 55.3 cm³/mol. The van der Waals surface area contributed by atoms with E-state index in [0.29, 0.717) is 18.8 Å². The third-order valence-corrected chi connectivity index (χ3v) is 2.06. The molecule has 1 saturated heterocycles. The fourth-order valence-corrected chi connectivity index (χ4v) is 1.39. The van der Waals surface area contributed by atoms with Crippen LogP contribution in [0.25, 0.3) is 0 Å². The highest BCUT2D eigenvalue weighted by atomic mass is 16.7. The largest absolute Gasteiger partial charge is 0.463 e. The molecule has 86 valence electrons. The van der Waals surface area contributed by atoms with Crippen molar-refractivity contribution >= 4 is 5.97 Å². The molecular weight excluding hydrogens is 196 g/mol. The maximum absolute atomic E-state index is 11.3. The van der Waals surface area contributed by atoms with E-state index < -0.39 is 5.79 Å². The van der Waals surface area contributed by atoms with Gasteiger partial charge in [0.15, 0.2) is 5.79 Å². The fourth-order valence-electron chi connectivity index (χ4n) is 1.39. The summed E-state index contributed by atoms with van der Waals surface area (Å²) in [5.41, 5.74) is 0.558. The lowest BCUT2D eigenvalue weighted by Gasteiger charge is -2.15. The first-order chi connectivity index (χ1) is 6.94. The van der Waals surface area contributed by atoms with Gasteiger partial charge in [0.05, 0.1) is 13.2 Å². The molecule has 0 aliphatic carbocycles. The highest BCUT2D eigenvalue weighted by Gasteiger charge is 2.31. The lowest BCUT2D eigenvalue weighted by molar-refractivity contribution is -0.139.